The second-order valence-electron chi connectivity index (χ2n) is 7.38. The zero-order valence-corrected chi connectivity index (χ0v) is 19.0. The fourth-order valence-electron chi connectivity index (χ4n) is 1.66. The molecule has 0 aliphatic heterocycles. The maximum Gasteiger partial charge on any atom is 0.509 e. The third kappa shape index (κ3) is 15.9. The van der Waals surface area contributed by atoms with E-state index in [1.807, 2.05) is 27.7 Å². The highest BCUT2D eigenvalue weighted by Crippen LogP contribution is 2.02. The molecule has 0 heterocycles. The van der Waals surface area contributed by atoms with E-state index in [4.69, 9.17) is 33.2 Å². The van der Waals surface area contributed by atoms with Gasteiger partial charge in [-0.2, -0.15) is 0 Å². The molecule has 0 aromatic carbocycles. The van der Waals surface area contributed by atoms with Crippen molar-refractivity contribution in [3.05, 3.63) is 0 Å². The van der Waals surface area contributed by atoms with Crippen LogP contribution in [0.1, 0.15) is 41.5 Å². The molecular weight excluding hydrogens is 416 g/mol. The molecule has 0 rings (SSSR count). The summed E-state index contributed by atoms with van der Waals surface area (Å²) in [5, 5.41) is 0. The zero-order valence-electron chi connectivity index (χ0n) is 19.0. The summed E-state index contributed by atoms with van der Waals surface area (Å²) in [6.45, 7) is 10.5. The fraction of sp³-hybridized carbons (Fsp3) is 0.800. The normalized spacial score (nSPS) is 12.6. The lowest BCUT2D eigenvalue weighted by molar-refractivity contribution is -0.155. The first kappa shape index (κ1) is 28.4. The molecule has 0 aliphatic rings. The first-order valence-corrected chi connectivity index (χ1v) is 10.1. The molecule has 0 fully saturated rings. The van der Waals surface area contributed by atoms with Crippen molar-refractivity contribution in [1.29, 1.82) is 0 Å². The lowest BCUT2D eigenvalue weighted by atomic mass is 10.2. The smallest absolute Gasteiger partial charge is 0.463 e. The van der Waals surface area contributed by atoms with Crippen molar-refractivity contribution in [1.82, 2.24) is 0 Å². The van der Waals surface area contributed by atoms with Crippen LogP contribution in [-0.2, 0) is 42.7 Å². The molecule has 0 radical (unpaired) electrons. The van der Waals surface area contributed by atoms with Gasteiger partial charge in [-0.25, -0.2) is 19.2 Å². The van der Waals surface area contributed by atoms with Gasteiger partial charge in [-0.15, -0.1) is 0 Å². The van der Waals surface area contributed by atoms with Crippen molar-refractivity contribution < 1.29 is 52.3 Å². The summed E-state index contributed by atoms with van der Waals surface area (Å²) in [4.78, 5) is 46.2. The van der Waals surface area contributed by atoms with Gasteiger partial charge in [0.25, 0.3) is 0 Å². The van der Waals surface area contributed by atoms with Crippen LogP contribution in [-0.4, -0.2) is 76.1 Å². The van der Waals surface area contributed by atoms with Crippen LogP contribution in [0.2, 0.25) is 0 Å². The van der Waals surface area contributed by atoms with Gasteiger partial charge < -0.3 is 33.2 Å². The van der Waals surface area contributed by atoms with Crippen molar-refractivity contribution >= 4 is 24.2 Å². The second-order valence-corrected chi connectivity index (χ2v) is 7.38. The Morgan fingerprint density at radius 3 is 1.23 bits per heavy atom. The van der Waals surface area contributed by atoms with Gasteiger partial charge in [-0.3, -0.25) is 0 Å². The third-order valence-electron chi connectivity index (χ3n) is 3.22. The molecule has 0 aromatic rings. The van der Waals surface area contributed by atoms with E-state index in [0.717, 1.165) is 0 Å². The molecule has 0 saturated heterocycles. The lowest BCUT2D eigenvalue weighted by Gasteiger charge is -2.14. The fourth-order valence-corrected chi connectivity index (χ4v) is 1.66. The van der Waals surface area contributed by atoms with Gasteiger partial charge >= 0.3 is 24.2 Å². The minimum atomic E-state index is -1.09. The second kappa shape index (κ2) is 16.2. The molecule has 31 heavy (non-hydrogen) atoms. The summed E-state index contributed by atoms with van der Waals surface area (Å²) in [7, 11) is 0. The Labute approximate surface area is 182 Å². The highest BCUT2D eigenvalue weighted by atomic mass is 16.7. The van der Waals surface area contributed by atoms with Gasteiger partial charge in [0.05, 0.1) is 26.4 Å². The van der Waals surface area contributed by atoms with E-state index in [-0.39, 0.29) is 51.5 Å². The highest BCUT2D eigenvalue weighted by molar-refractivity contribution is 5.77. The van der Waals surface area contributed by atoms with E-state index in [1.165, 1.54) is 13.8 Å². The Morgan fingerprint density at radius 2 is 0.903 bits per heavy atom. The topological polar surface area (TPSA) is 133 Å². The highest BCUT2D eigenvalue weighted by Gasteiger charge is 2.21. The molecule has 0 amide bonds. The molecule has 0 saturated carbocycles. The molecule has 0 spiro atoms. The first-order valence-electron chi connectivity index (χ1n) is 10.1. The Hall–Kier alpha value is -2.56. The SMILES string of the molecule is CC(C)COC(=O)C(C)OC(=O)OCCOCCOC(=O)OC(C)C(=O)OCC(C)C. The Balaban J connectivity index is 3.77. The molecule has 2 unspecified atom stereocenters. The molecule has 2 atom stereocenters. The summed E-state index contributed by atoms with van der Waals surface area (Å²) in [5.41, 5.74) is 0. The van der Waals surface area contributed by atoms with Crippen LogP contribution in [0.15, 0.2) is 0 Å². The number of hydrogen-bond donors (Lipinski definition) is 0. The van der Waals surface area contributed by atoms with E-state index in [2.05, 4.69) is 0 Å². The van der Waals surface area contributed by atoms with Gasteiger partial charge in [-0.1, -0.05) is 27.7 Å². The van der Waals surface area contributed by atoms with Gasteiger partial charge in [0.15, 0.2) is 12.2 Å². The average molecular weight is 450 g/mol. The van der Waals surface area contributed by atoms with Crippen LogP contribution in [0.4, 0.5) is 9.59 Å². The molecule has 0 aromatic heterocycles. The summed E-state index contributed by atoms with van der Waals surface area (Å²) in [6.07, 6.45) is -4.24. The van der Waals surface area contributed by atoms with Gasteiger partial charge in [0, 0.05) is 0 Å². The lowest BCUT2D eigenvalue weighted by Crippen LogP contribution is -2.28. The predicted octanol–water partition coefficient (Wildman–Crippen LogP) is 2.48. The number of esters is 2. The van der Waals surface area contributed by atoms with E-state index < -0.39 is 36.5 Å². The van der Waals surface area contributed by atoms with Gasteiger partial charge in [0.1, 0.15) is 13.2 Å². The Morgan fingerprint density at radius 1 is 0.548 bits per heavy atom. The van der Waals surface area contributed by atoms with Crippen molar-refractivity contribution in [2.45, 2.75) is 53.8 Å². The van der Waals surface area contributed by atoms with Gasteiger partial charge in [0.2, 0.25) is 0 Å². The quantitative estimate of drug-likeness (QED) is 0.219. The molecule has 0 aliphatic carbocycles. The van der Waals surface area contributed by atoms with E-state index >= 15 is 0 Å². The van der Waals surface area contributed by atoms with Crippen LogP contribution < -0.4 is 0 Å². The van der Waals surface area contributed by atoms with Crippen LogP contribution in [0.25, 0.3) is 0 Å². The number of rotatable bonds is 14. The number of hydrogen-bond acceptors (Lipinski definition) is 11. The van der Waals surface area contributed by atoms with Crippen LogP contribution in [0.3, 0.4) is 0 Å². The molecule has 180 valence electrons. The van der Waals surface area contributed by atoms with Crippen molar-refractivity contribution in [3.63, 3.8) is 0 Å². The predicted molar refractivity (Wildman–Crippen MR) is 106 cm³/mol. The first-order chi connectivity index (χ1) is 14.5. The number of carbonyl (C=O) groups is 4. The standard InChI is InChI=1S/C20H34O11/c1-13(2)11-28-17(21)15(5)30-19(23)26-9-7-25-8-10-27-20(24)31-16(6)18(22)29-12-14(3)4/h13-16H,7-12H2,1-6H3. The molecule has 0 bridgehead atoms. The summed E-state index contributed by atoms with van der Waals surface area (Å²) >= 11 is 0. The Kier molecular flexibility index (Phi) is 14.8. The van der Waals surface area contributed by atoms with E-state index in [1.54, 1.807) is 0 Å². The summed E-state index contributed by atoms with van der Waals surface area (Å²) in [5.74, 6) is -0.983. The molecular formula is C20H34O11. The monoisotopic (exact) mass is 450 g/mol. The minimum absolute atomic E-state index is 0.0115. The van der Waals surface area contributed by atoms with Crippen LogP contribution in [0.5, 0.6) is 0 Å². The molecule has 11 nitrogen and oxygen atoms in total. The summed E-state index contributed by atoms with van der Waals surface area (Å²) in [6, 6.07) is 0. The number of carbonyl (C=O) groups excluding carboxylic acids is 4. The van der Waals surface area contributed by atoms with Crippen molar-refractivity contribution in [2.24, 2.45) is 11.8 Å². The van der Waals surface area contributed by atoms with Crippen molar-refractivity contribution in [2.75, 3.05) is 39.6 Å². The third-order valence-corrected chi connectivity index (χ3v) is 3.22. The minimum Gasteiger partial charge on any atom is -0.463 e. The van der Waals surface area contributed by atoms with Gasteiger partial charge in [-0.05, 0) is 25.7 Å². The van der Waals surface area contributed by atoms with Crippen LogP contribution in [0, 0.1) is 11.8 Å². The molecule has 11 heteroatoms. The van der Waals surface area contributed by atoms with E-state index in [9.17, 15) is 19.2 Å². The maximum atomic E-state index is 11.6. The van der Waals surface area contributed by atoms with E-state index in [0.29, 0.717) is 0 Å². The number of ether oxygens (including phenoxy) is 7. The largest absolute Gasteiger partial charge is 0.509 e. The van der Waals surface area contributed by atoms with Crippen molar-refractivity contribution in [3.8, 4) is 0 Å². The van der Waals surface area contributed by atoms with Crippen LogP contribution >= 0.6 is 0 Å². The zero-order chi connectivity index (χ0) is 23.8. The average Bonchev–Trinajstić information content (AvgIpc) is 2.68. The summed E-state index contributed by atoms with van der Waals surface area (Å²) < 4.78 is 34.1. The molecule has 0 N–H and O–H groups in total. The Bertz CT molecular complexity index is 511. The maximum absolute atomic E-state index is 11.6.